The summed E-state index contributed by atoms with van der Waals surface area (Å²) in [6.07, 6.45) is 5.32. The molecule has 1 aliphatic carbocycles. The van der Waals surface area contributed by atoms with Crippen molar-refractivity contribution in [1.82, 2.24) is 0 Å². The fraction of sp³-hybridized carbons (Fsp3) is 0.625. The Morgan fingerprint density at radius 1 is 1.29 bits per heavy atom. The highest BCUT2D eigenvalue weighted by Gasteiger charge is 2.30. The van der Waals surface area contributed by atoms with Crippen LogP contribution in [0.3, 0.4) is 0 Å². The monoisotopic (exact) mass is 232 g/mol. The van der Waals surface area contributed by atoms with Gasteiger partial charge >= 0.3 is 0 Å². The summed E-state index contributed by atoms with van der Waals surface area (Å²) in [5.41, 5.74) is 1.65. The van der Waals surface area contributed by atoms with Crippen molar-refractivity contribution >= 4 is 0 Å². The van der Waals surface area contributed by atoms with E-state index < -0.39 is 0 Å². The van der Waals surface area contributed by atoms with E-state index in [2.05, 4.69) is 45.0 Å². The topological polar surface area (TPSA) is 9.23 Å². The maximum Gasteiger partial charge on any atom is 0.119 e. The van der Waals surface area contributed by atoms with Crippen molar-refractivity contribution < 1.29 is 4.74 Å². The fourth-order valence-electron chi connectivity index (χ4n) is 2.57. The second-order valence-corrected chi connectivity index (χ2v) is 6.10. The average Bonchev–Trinajstić information content (AvgIpc) is 2.31. The van der Waals surface area contributed by atoms with Crippen LogP contribution in [0.4, 0.5) is 0 Å². The number of hydrogen-bond donors (Lipinski definition) is 0. The quantitative estimate of drug-likeness (QED) is 0.740. The van der Waals surface area contributed by atoms with Crippen LogP contribution in [0.1, 0.15) is 45.1 Å². The van der Waals surface area contributed by atoms with Gasteiger partial charge in [-0.15, -0.1) is 0 Å². The summed E-state index contributed by atoms with van der Waals surface area (Å²) in [4.78, 5) is 0. The smallest absolute Gasteiger partial charge is 0.119 e. The number of benzene rings is 1. The summed E-state index contributed by atoms with van der Waals surface area (Å²) < 4.78 is 5.96. The van der Waals surface area contributed by atoms with E-state index in [1.807, 2.05) is 0 Å². The molecule has 0 unspecified atom stereocenters. The van der Waals surface area contributed by atoms with Crippen LogP contribution in [0.2, 0.25) is 0 Å². The molecular weight excluding hydrogens is 208 g/mol. The van der Waals surface area contributed by atoms with Crippen LogP contribution in [-0.4, -0.2) is 6.61 Å². The van der Waals surface area contributed by atoms with Crippen molar-refractivity contribution in [2.45, 2.75) is 46.5 Å². The molecule has 1 aliphatic rings. The minimum absolute atomic E-state index is 0.385. The summed E-state index contributed by atoms with van der Waals surface area (Å²) in [5, 5.41) is 0. The molecule has 0 aromatic heterocycles. The number of hydrogen-bond acceptors (Lipinski definition) is 1. The molecule has 0 N–H and O–H groups in total. The Morgan fingerprint density at radius 2 is 2.00 bits per heavy atom. The van der Waals surface area contributed by atoms with E-state index in [-0.39, 0.29) is 0 Å². The van der Waals surface area contributed by atoms with Crippen LogP contribution in [0, 0.1) is 18.3 Å². The molecule has 0 radical (unpaired) electrons. The average molecular weight is 232 g/mol. The van der Waals surface area contributed by atoms with Gasteiger partial charge in [0.1, 0.15) is 5.75 Å². The molecule has 1 nitrogen and oxygen atoms in total. The van der Waals surface area contributed by atoms with Crippen molar-refractivity contribution in [3.05, 3.63) is 29.8 Å². The molecule has 1 heteroatoms. The lowest BCUT2D eigenvalue weighted by Gasteiger charge is -2.36. The second-order valence-electron chi connectivity index (χ2n) is 6.10. The molecule has 0 atom stereocenters. The van der Waals surface area contributed by atoms with Crippen LogP contribution < -0.4 is 4.74 Å². The predicted octanol–water partition coefficient (Wildman–Crippen LogP) is 4.59. The summed E-state index contributed by atoms with van der Waals surface area (Å²) in [5.74, 6) is 1.92. The van der Waals surface area contributed by atoms with Crippen LogP contribution >= 0.6 is 0 Å². The summed E-state index contributed by atoms with van der Waals surface area (Å²) in [6, 6.07) is 8.35. The SMILES string of the molecule is Cc1cccc(OCC2(C)CCC(C)CC2)c1. The van der Waals surface area contributed by atoms with Crippen molar-refractivity contribution in [1.29, 1.82) is 0 Å². The Kier molecular flexibility index (Phi) is 3.76. The number of aryl methyl sites for hydroxylation is 1. The molecule has 17 heavy (non-hydrogen) atoms. The first-order valence-corrected chi connectivity index (χ1v) is 6.77. The Hall–Kier alpha value is -0.980. The molecule has 0 saturated heterocycles. The molecule has 1 aromatic carbocycles. The molecule has 0 amide bonds. The molecule has 2 rings (SSSR count). The van der Waals surface area contributed by atoms with Gasteiger partial charge in [0.25, 0.3) is 0 Å². The van der Waals surface area contributed by atoms with Gasteiger partial charge in [-0.25, -0.2) is 0 Å². The minimum atomic E-state index is 0.385. The zero-order valence-corrected chi connectivity index (χ0v) is 11.3. The summed E-state index contributed by atoms with van der Waals surface area (Å²) in [6.45, 7) is 7.70. The molecule has 1 fully saturated rings. The van der Waals surface area contributed by atoms with Crippen molar-refractivity contribution in [3.8, 4) is 5.75 Å². The first kappa shape index (κ1) is 12.5. The largest absolute Gasteiger partial charge is 0.493 e. The minimum Gasteiger partial charge on any atom is -0.493 e. The Bertz CT molecular complexity index is 362. The normalized spacial score (nSPS) is 29.0. The Labute approximate surface area is 105 Å². The van der Waals surface area contributed by atoms with Gasteiger partial charge in [0.2, 0.25) is 0 Å². The van der Waals surface area contributed by atoms with Gasteiger partial charge in [-0.1, -0.05) is 38.8 Å². The first-order valence-electron chi connectivity index (χ1n) is 6.77. The Balaban J connectivity index is 1.89. The lowest BCUT2D eigenvalue weighted by molar-refractivity contribution is 0.0981. The van der Waals surface area contributed by atoms with Crippen molar-refractivity contribution in [3.63, 3.8) is 0 Å². The lowest BCUT2D eigenvalue weighted by atomic mass is 9.73. The van der Waals surface area contributed by atoms with E-state index in [9.17, 15) is 0 Å². The van der Waals surface area contributed by atoms with Gasteiger partial charge in [-0.2, -0.15) is 0 Å². The van der Waals surface area contributed by atoms with Crippen molar-refractivity contribution in [2.24, 2.45) is 11.3 Å². The van der Waals surface area contributed by atoms with Gasteiger partial charge in [0, 0.05) is 5.41 Å². The van der Waals surface area contributed by atoms with Gasteiger partial charge in [-0.3, -0.25) is 0 Å². The summed E-state index contributed by atoms with van der Waals surface area (Å²) >= 11 is 0. The van der Waals surface area contributed by atoms with Gasteiger partial charge < -0.3 is 4.74 Å². The maximum atomic E-state index is 5.96. The third kappa shape index (κ3) is 3.49. The van der Waals surface area contributed by atoms with Crippen LogP contribution in [0.5, 0.6) is 5.75 Å². The first-order chi connectivity index (χ1) is 8.07. The molecule has 1 saturated carbocycles. The maximum absolute atomic E-state index is 5.96. The van der Waals surface area contributed by atoms with E-state index in [0.717, 1.165) is 18.3 Å². The van der Waals surface area contributed by atoms with Crippen LogP contribution in [0.15, 0.2) is 24.3 Å². The van der Waals surface area contributed by atoms with Crippen molar-refractivity contribution in [2.75, 3.05) is 6.61 Å². The molecule has 0 bridgehead atoms. The van der Waals surface area contributed by atoms with Gasteiger partial charge in [0.15, 0.2) is 0 Å². The number of ether oxygens (including phenoxy) is 1. The standard InChI is InChI=1S/C16H24O/c1-13-7-9-16(3,10-8-13)12-17-15-6-4-5-14(2)11-15/h4-6,11,13H,7-10,12H2,1-3H3. The highest BCUT2D eigenvalue weighted by atomic mass is 16.5. The van der Waals surface area contributed by atoms with E-state index in [1.54, 1.807) is 0 Å². The molecule has 1 aromatic rings. The van der Waals surface area contributed by atoms with Gasteiger partial charge in [-0.05, 0) is 43.4 Å². The summed E-state index contributed by atoms with van der Waals surface area (Å²) in [7, 11) is 0. The fourth-order valence-corrected chi connectivity index (χ4v) is 2.57. The van der Waals surface area contributed by atoms with E-state index in [1.165, 1.54) is 31.2 Å². The molecule has 0 aliphatic heterocycles. The van der Waals surface area contributed by atoms with Crippen LogP contribution in [-0.2, 0) is 0 Å². The molecule has 0 heterocycles. The zero-order valence-electron chi connectivity index (χ0n) is 11.3. The van der Waals surface area contributed by atoms with E-state index >= 15 is 0 Å². The molecule has 0 spiro atoms. The third-order valence-corrected chi connectivity index (χ3v) is 4.06. The predicted molar refractivity (Wildman–Crippen MR) is 72.4 cm³/mol. The number of rotatable bonds is 3. The van der Waals surface area contributed by atoms with Gasteiger partial charge in [0.05, 0.1) is 6.61 Å². The van der Waals surface area contributed by atoms with E-state index in [4.69, 9.17) is 4.74 Å². The molecular formula is C16H24O. The Morgan fingerprint density at radius 3 is 2.65 bits per heavy atom. The highest BCUT2D eigenvalue weighted by molar-refractivity contribution is 5.27. The highest BCUT2D eigenvalue weighted by Crippen LogP contribution is 2.38. The zero-order chi connectivity index (χ0) is 12.3. The molecule has 94 valence electrons. The van der Waals surface area contributed by atoms with E-state index in [0.29, 0.717) is 5.41 Å². The lowest BCUT2D eigenvalue weighted by Crippen LogP contribution is -2.29. The third-order valence-electron chi connectivity index (χ3n) is 4.06. The second kappa shape index (κ2) is 5.12. The van der Waals surface area contributed by atoms with Crippen LogP contribution in [0.25, 0.3) is 0 Å².